The molecular formula is C13H16N4O2. The summed E-state index contributed by atoms with van der Waals surface area (Å²) in [6.45, 7) is 2.09. The third kappa shape index (κ3) is 3.17. The van der Waals surface area contributed by atoms with E-state index in [2.05, 4.69) is 10.2 Å². The minimum absolute atomic E-state index is 0.445. The van der Waals surface area contributed by atoms with E-state index in [0.717, 1.165) is 11.4 Å². The van der Waals surface area contributed by atoms with Crippen molar-refractivity contribution in [1.82, 2.24) is 19.9 Å². The topological polar surface area (TPSA) is 71.2 Å². The molecular weight excluding hydrogens is 244 g/mol. The predicted molar refractivity (Wildman–Crippen MR) is 69.9 cm³/mol. The molecule has 2 aromatic rings. The molecule has 0 bridgehead atoms. The Morgan fingerprint density at radius 2 is 2.11 bits per heavy atom. The normalized spacial score (nSPS) is 12.6. The number of aromatic nitrogens is 3. The van der Waals surface area contributed by atoms with Crippen LogP contribution in [0.25, 0.3) is 5.69 Å². The average Bonchev–Trinajstić information content (AvgIpc) is 2.87. The molecule has 1 aromatic heterocycles. The van der Waals surface area contributed by atoms with Crippen LogP contribution in [-0.4, -0.2) is 44.1 Å². The fraction of sp³-hybridized carbons (Fsp3) is 0.308. The molecule has 0 saturated carbocycles. The number of carbonyl (C=O) groups is 1. The first-order valence-corrected chi connectivity index (χ1v) is 5.97. The van der Waals surface area contributed by atoms with Gasteiger partial charge in [0.05, 0.1) is 17.6 Å². The quantitative estimate of drug-likeness (QED) is 0.873. The van der Waals surface area contributed by atoms with Crippen molar-refractivity contribution in [3.63, 3.8) is 0 Å². The molecule has 1 N–H and O–H groups in total. The van der Waals surface area contributed by atoms with Crippen molar-refractivity contribution < 1.29 is 9.90 Å². The number of benzene rings is 1. The van der Waals surface area contributed by atoms with E-state index >= 15 is 0 Å². The zero-order valence-electron chi connectivity index (χ0n) is 10.9. The van der Waals surface area contributed by atoms with Gasteiger partial charge in [0.15, 0.2) is 0 Å². The number of aliphatic carboxylic acids is 1. The van der Waals surface area contributed by atoms with Crippen LogP contribution in [0.1, 0.15) is 12.6 Å². The summed E-state index contributed by atoms with van der Waals surface area (Å²) in [5, 5.41) is 17.4. The van der Waals surface area contributed by atoms with Gasteiger partial charge in [0.1, 0.15) is 6.04 Å². The van der Waals surface area contributed by atoms with Crippen molar-refractivity contribution in [1.29, 1.82) is 0 Å². The van der Waals surface area contributed by atoms with Gasteiger partial charge < -0.3 is 5.11 Å². The first-order chi connectivity index (χ1) is 9.08. The first-order valence-electron chi connectivity index (χ1n) is 5.97. The molecule has 0 spiro atoms. The van der Waals surface area contributed by atoms with Gasteiger partial charge in [-0.2, -0.15) is 15.0 Å². The van der Waals surface area contributed by atoms with Gasteiger partial charge in [-0.1, -0.05) is 18.2 Å². The van der Waals surface area contributed by atoms with Gasteiger partial charge in [-0.05, 0) is 26.1 Å². The van der Waals surface area contributed by atoms with E-state index < -0.39 is 12.0 Å². The molecule has 0 unspecified atom stereocenters. The molecule has 0 amide bonds. The van der Waals surface area contributed by atoms with E-state index in [1.54, 1.807) is 25.1 Å². The van der Waals surface area contributed by atoms with E-state index in [1.807, 2.05) is 30.3 Å². The van der Waals surface area contributed by atoms with Crippen molar-refractivity contribution in [2.24, 2.45) is 0 Å². The Balaban J connectivity index is 2.08. The predicted octanol–water partition coefficient (Wildman–Crippen LogP) is 1.17. The Kier molecular flexibility index (Phi) is 3.91. The fourth-order valence-corrected chi connectivity index (χ4v) is 1.63. The lowest BCUT2D eigenvalue weighted by atomic mass is 10.3. The van der Waals surface area contributed by atoms with Crippen LogP contribution < -0.4 is 0 Å². The molecule has 0 aliphatic rings. The van der Waals surface area contributed by atoms with Crippen molar-refractivity contribution in [3.8, 4) is 5.69 Å². The number of carboxylic acids is 1. The van der Waals surface area contributed by atoms with Crippen molar-refractivity contribution in [2.45, 2.75) is 19.5 Å². The minimum atomic E-state index is -0.849. The second kappa shape index (κ2) is 5.62. The van der Waals surface area contributed by atoms with Crippen molar-refractivity contribution >= 4 is 5.97 Å². The second-order valence-electron chi connectivity index (χ2n) is 4.39. The summed E-state index contributed by atoms with van der Waals surface area (Å²) >= 11 is 0. The van der Waals surface area contributed by atoms with Crippen molar-refractivity contribution in [2.75, 3.05) is 7.05 Å². The van der Waals surface area contributed by atoms with E-state index in [9.17, 15) is 4.79 Å². The summed E-state index contributed by atoms with van der Waals surface area (Å²) < 4.78 is 0. The standard InChI is InChI=1S/C13H16N4O2/c1-10(13(18)19)16(2)9-11-8-14-17(15-11)12-6-4-3-5-7-12/h3-8,10H,9H2,1-2H3,(H,18,19)/t10-/m1/s1. The Morgan fingerprint density at radius 3 is 2.74 bits per heavy atom. The molecule has 2 rings (SSSR count). The Morgan fingerprint density at radius 1 is 1.42 bits per heavy atom. The number of rotatable bonds is 5. The highest BCUT2D eigenvalue weighted by Crippen LogP contribution is 2.07. The van der Waals surface area contributed by atoms with E-state index in [0.29, 0.717) is 6.54 Å². The number of hydrogen-bond donors (Lipinski definition) is 1. The third-order valence-electron chi connectivity index (χ3n) is 2.96. The summed E-state index contributed by atoms with van der Waals surface area (Å²) in [4.78, 5) is 14.1. The molecule has 0 saturated heterocycles. The lowest BCUT2D eigenvalue weighted by Crippen LogP contribution is -2.35. The zero-order valence-corrected chi connectivity index (χ0v) is 10.9. The first kappa shape index (κ1) is 13.2. The highest BCUT2D eigenvalue weighted by Gasteiger charge is 2.17. The molecule has 100 valence electrons. The van der Waals surface area contributed by atoms with E-state index in [4.69, 9.17) is 5.11 Å². The highest BCUT2D eigenvalue weighted by atomic mass is 16.4. The molecule has 0 radical (unpaired) electrons. The molecule has 0 aliphatic carbocycles. The number of carboxylic acid groups (broad SMARTS) is 1. The van der Waals surface area contributed by atoms with Crippen LogP contribution in [0, 0.1) is 0 Å². The third-order valence-corrected chi connectivity index (χ3v) is 2.96. The monoisotopic (exact) mass is 260 g/mol. The Bertz CT molecular complexity index is 553. The summed E-state index contributed by atoms with van der Waals surface area (Å²) in [6.07, 6.45) is 1.65. The summed E-state index contributed by atoms with van der Waals surface area (Å²) in [6, 6.07) is 9.02. The number of likely N-dealkylation sites (N-methyl/N-ethyl adjacent to an activating group) is 1. The second-order valence-corrected chi connectivity index (χ2v) is 4.39. The minimum Gasteiger partial charge on any atom is -0.480 e. The SMILES string of the molecule is C[C@H](C(=O)O)N(C)Cc1cnn(-c2ccccc2)n1. The van der Waals surface area contributed by atoms with Crippen LogP contribution in [0.2, 0.25) is 0 Å². The van der Waals surface area contributed by atoms with Crippen LogP contribution in [0.4, 0.5) is 0 Å². The molecule has 1 heterocycles. The Labute approximate surface area is 111 Å². The number of nitrogens with zero attached hydrogens (tertiary/aromatic N) is 4. The summed E-state index contributed by atoms with van der Waals surface area (Å²) in [5.74, 6) is -0.849. The Hall–Kier alpha value is -2.21. The average molecular weight is 260 g/mol. The molecule has 1 aromatic carbocycles. The molecule has 0 fully saturated rings. The number of hydrogen-bond acceptors (Lipinski definition) is 4. The van der Waals surface area contributed by atoms with Crippen molar-refractivity contribution in [3.05, 3.63) is 42.2 Å². The smallest absolute Gasteiger partial charge is 0.320 e. The van der Waals surface area contributed by atoms with Gasteiger partial charge in [-0.15, -0.1) is 0 Å². The van der Waals surface area contributed by atoms with Crippen LogP contribution in [-0.2, 0) is 11.3 Å². The van der Waals surface area contributed by atoms with Gasteiger partial charge >= 0.3 is 5.97 Å². The van der Waals surface area contributed by atoms with Gasteiger partial charge in [-0.25, -0.2) is 0 Å². The summed E-state index contributed by atoms with van der Waals surface area (Å²) in [5.41, 5.74) is 1.61. The maximum absolute atomic E-state index is 10.9. The maximum Gasteiger partial charge on any atom is 0.320 e. The molecule has 6 nitrogen and oxygen atoms in total. The highest BCUT2D eigenvalue weighted by molar-refractivity contribution is 5.72. The fourth-order valence-electron chi connectivity index (χ4n) is 1.63. The van der Waals surface area contributed by atoms with Gasteiger partial charge in [-0.3, -0.25) is 9.69 Å². The van der Waals surface area contributed by atoms with E-state index in [1.165, 1.54) is 4.80 Å². The largest absolute Gasteiger partial charge is 0.480 e. The number of para-hydroxylation sites is 1. The van der Waals surface area contributed by atoms with Gasteiger partial charge in [0.2, 0.25) is 0 Å². The maximum atomic E-state index is 10.9. The van der Waals surface area contributed by atoms with Crippen LogP contribution in [0.15, 0.2) is 36.5 Å². The molecule has 1 atom stereocenters. The van der Waals surface area contributed by atoms with Crippen LogP contribution in [0.3, 0.4) is 0 Å². The lowest BCUT2D eigenvalue weighted by molar-refractivity contribution is -0.142. The lowest BCUT2D eigenvalue weighted by Gasteiger charge is -2.19. The van der Waals surface area contributed by atoms with Crippen LogP contribution >= 0.6 is 0 Å². The summed E-state index contributed by atoms with van der Waals surface area (Å²) in [7, 11) is 1.75. The molecule has 0 aliphatic heterocycles. The van der Waals surface area contributed by atoms with E-state index in [-0.39, 0.29) is 0 Å². The van der Waals surface area contributed by atoms with Crippen LogP contribution in [0.5, 0.6) is 0 Å². The zero-order chi connectivity index (χ0) is 13.8. The molecule has 6 heteroatoms. The van der Waals surface area contributed by atoms with Gasteiger partial charge in [0, 0.05) is 6.54 Å². The van der Waals surface area contributed by atoms with Gasteiger partial charge in [0.25, 0.3) is 0 Å². The molecule has 19 heavy (non-hydrogen) atoms.